The number of likely N-dealkylation sites (tertiary alicyclic amines) is 2. The Morgan fingerprint density at radius 1 is 1.05 bits per heavy atom. The summed E-state index contributed by atoms with van der Waals surface area (Å²) < 4.78 is 6.16. The number of hydrogen-bond acceptors (Lipinski definition) is 8. The third-order valence-electron chi connectivity index (χ3n) is 8.43. The first kappa shape index (κ1) is 25.9. The Morgan fingerprint density at radius 3 is 2.68 bits per heavy atom. The van der Waals surface area contributed by atoms with Gasteiger partial charge in [0.1, 0.15) is 12.4 Å². The molecule has 1 aliphatic carbocycles. The summed E-state index contributed by atoms with van der Waals surface area (Å²) in [4.78, 5) is 31.7. The number of aromatic nitrogens is 2. The van der Waals surface area contributed by atoms with E-state index < -0.39 is 0 Å². The third-order valence-corrected chi connectivity index (χ3v) is 8.43. The van der Waals surface area contributed by atoms with E-state index in [0.29, 0.717) is 44.7 Å². The van der Waals surface area contributed by atoms with Crippen molar-refractivity contribution in [3.63, 3.8) is 0 Å². The molecule has 1 aromatic heterocycles. The van der Waals surface area contributed by atoms with E-state index in [1.807, 2.05) is 11.0 Å². The van der Waals surface area contributed by atoms with Gasteiger partial charge in [0, 0.05) is 43.9 Å². The zero-order valence-electron chi connectivity index (χ0n) is 22.3. The molecule has 0 aromatic carbocycles. The van der Waals surface area contributed by atoms with Crippen molar-refractivity contribution in [1.29, 1.82) is 5.26 Å². The summed E-state index contributed by atoms with van der Waals surface area (Å²) in [5, 5.41) is 9.55. The first-order valence-electron chi connectivity index (χ1n) is 14.2. The van der Waals surface area contributed by atoms with E-state index in [0.717, 1.165) is 69.8 Å². The maximum atomic E-state index is 13.1. The molecule has 37 heavy (non-hydrogen) atoms. The molecule has 4 heterocycles. The number of likely N-dealkylation sites (N-methyl/N-ethyl adjacent to an activating group) is 1. The van der Waals surface area contributed by atoms with Crippen LogP contribution in [-0.4, -0.2) is 102 Å². The highest BCUT2D eigenvalue weighted by atomic mass is 16.5. The average molecular weight is 508 g/mol. The Labute approximate surface area is 221 Å². The first-order chi connectivity index (χ1) is 18.1. The number of hydrogen-bond donors (Lipinski definition) is 0. The van der Waals surface area contributed by atoms with E-state index in [9.17, 15) is 10.1 Å². The maximum Gasteiger partial charge on any atom is 0.318 e. The number of fused-ring (bicyclic) bond motifs is 1. The van der Waals surface area contributed by atoms with Crippen LogP contribution in [0.15, 0.2) is 12.2 Å². The van der Waals surface area contributed by atoms with Crippen LogP contribution in [-0.2, 0) is 17.6 Å². The molecule has 3 saturated heterocycles. The van der Waals surface area contributed by atoms with Gasteiger partial charge in [-0.15, -0.1) is 0 Å². The normalized spacial score (nSPS) is 25.0. The number of amides is 1. The van der Waals surface area contributed by atoms with Gasteiger partial charge in [0.25, 0.3) is 0 Å². The Balaban J connectivity index is 1.29. The SMILES string of the molecule is CN1CCC[C@H]1COc1nc2c(c(N3CCN(C(=O)/C=C/CN4CCCC4)[C@@H](CC#N)C3)n1)CCCC2. The minimum atomic E-state index is -0.159. The summed E-state index contributed by atoms with van der Waals surface area (Å²) in [6.07, 6.45) is 13.0. The number of piperazine rings is 1. The van der Waals surface area contributed by atoms with Crippen LogP contribution in [0.5, 0.6) is 6.01 Å². The smallest absolute Gasteiger partial charge is 0.318 e. The number of ether oxygens (including phenoxy) is 1. The van der Waals surface area contributed by atoms with E-state index in [4.69, 9.17) is 14.7 Å². The monoisotopic (exact) mass is 507 g/mol. The largest absolute Gasteiger partial charge is 0.462 e. The molecule has 4 aliphatic rings. The molecule has 1 aromatic rings. The van der Waals surface area contributed by atoms with Gasteiger partial charge in [0.05, 0.1) is 24.2 Å². The minimum absolute atomic E-state index is 0.00789. The lowest BCUT2D eigenvalue weighted by Crippen LogP contribution is -2.55. The topological polar surface area (TPSA) is 88.8 Å². The van der Waals surface area contributed by atoms with Gasteiger partial charge in [-0.25, -0.2) is 0 Å². The average Bonchev–Trinajstić information content (AvgIpc) is 3.58. The number of rotatable bonds is 8. The Bertz CT molecular complexity index is 1020. The van der Waals surface area contributed by atoms with E-state index in [1.165, 1.54) is 24.8 Å². The molecule has 9 nitrogen and oxygen atoms in total. The van der Waals surface area contributed by atoms with Gasteiger partial charge in [0.15, 0.2) is 0 Å². The molecule has 0 saturated carbocycles. The van der Waals surface area contributed by atoms with Gasteiger partial charge in [-0.05, 0) is 78.0 Å². The highest BCUT2D eigenvalue weighted by Crippen LogP contribution is 2.32. The molecule has 0 unspecified atom stereocenters. The molecule has 3 fully saturated rings. The second-order valence-electron chi connectivity index (χ2n) is 11.0. The van der Waals surface area contributed by atoms with Gasteiger partial charge in [0.2, 0.25) is 5.91 Å². The van der Waals surface area contributed by atoms with E-state index in [2.05, 4.69) is 27.8 Å². The highest BCUT2D eigenvalue weighted by molar-refractivity contribution is 5.88. The first-order valence-corrected chi connectivity index (χ1v) is 14.2. The summed E-state index contributed by atoms with van der Waals surface area (Å²) in [7, 11) is 2.15. The van der Waals surface area contributed by atoms with Crippen LogP contribution in [0.25, 0.3) is 0 Å². The van der Waals surface area contributed by atoms with Crippen LogP contribution in [0, 0.1) is 11.3 Å². The molecule has 5 rings (SSSR count). The lowest BCUT2D eigenvalue weighted by atomic mass is 9.95. The zero-order valence-corrected chi connectivity index (χ0v) is 22.3. The number of carbonyl (C=O) groups is 1. The second kappa shape index (κ2) is 12.2. The molecular formula is C28H41N7O2. The summed E-state index contributed by atoms with van der Waals surface area (Å²) in [6, 6.07) is 3.03. The molecule has 200 valence electrons. The number of nitrogens with zero attached hydrogens (tertiary/aromatic N) is 7. The summed E-state index contributed by atoms with van der Waals surface area (Å²) in [5.74, 6) is 0.951. The Morgan fingerprint density at radius 2 is 1.89 bits per heavy atom. The molecule has 2 atom stereocenters. The molecule has 0 N–H and O–H groups in total. The van der Waals surface area contributed by atoms with Crippen molar-refractivity contribution < 1.29 is 9.53 Å². The summed E-state index contributed by atoms with van der Waals surface area (Å²) >= 11 is 0. The Kier molecular flexibility index (Phi) is 8.57. The lowest BCUT2D eigenvalue weighted by molar-refractivity contribution is -0.128. The highest BCUT2D eigenvalue weighted by Gasteiger charge is 2.33. The van der Waals surface area contributed by atoms with E-state index >= 15 is 0 Å². The van der Waals surface area contributed by atoms with Crippen LogP contribution < -0.4 is 9.64 Å². The van der Waals surface area contributed by atoms with Crippen molar-refractivity contribution in [2.75, 3.05) is 64.4 Å². The fourth-order valence-corrected chi connectivity index (χ4v) is 6.22. The molecular weight excluding hydrogens is 466 g/mol. The fourth-order valence-electron chi connectivity index (χ4n) is 6.22. The summed E-state index contributed by atoms with van der Waals surface area (Å²) in [5.41, 5.74) is 2.32. The minimum Gasteiger partial charge on any atom is -0.462 e. The van der Waals surface area contributed by atoms with Crippen LogP contribution in [0.4, 0.5) is 5.82 Å². The van der Waals surface area contributed by atoms with Crippen LogP contribution in [0.3, 0.4) is 0 Å². The van der Waals surface area contributed by atoms with Gasteiger partial charge in [-0.3, -0.25) is 9.69 Å². The van der Waals surface area contributed by atoms with Crippen molar-refractivity contribution >= 4 is 11.7 Å². The van der Waals surface area contributed by atoms with Crippen molar-refractivity contribution in [3.05, 3.63) is 23.4 Å². The number of aryl methyl sites for hydroxylation is 1. The molecule has 0 radical (unpaired) electrons. The van der Waals surface area contributed by atoms with Gasteiger partial charge in [-0.2, -0.15) is 15.2 Å². The molecule has 0 bridgehead atoms. The number of nitriles is 1. The van der Waals surface area contributed by atoms with Gasteiger partial charge in [-0.1, -0.05) is 6.08 Å². The summed E-state index contributed by atoms with van der Waals surface area (Å²) in [6.45, 7) is 6.65. The van der Waals surface area contributed by atoms with E-state index in [-0.39, 0.29) is 11.9 Å². The predicted molar refractivity (Wildman–Crippen MR) is 143 cm³/mol. The number of carbonyl (C=O) groups excluding carboxylic acids is 1. The van der Waals surface area contributed by atoms with Crippen LogP contribution in [0.2, 0.25) is 0 Å². The molecule has 3 aliphatic heterocycles. The van der Waals surface area contributed by atoms with Crippen LogP contribution >= 0.6 is 0 Å². The van der Waals surface area contributed by atoms with Gasteiger partial charge < -0.3 is 19.4 Å². The lowest BCUT2D eigenvalue weighted by Gasteiger charge is -2.41. The molecule has 1 amide bonds. The van der Waals surface area contributed by atoms with Gasteiger partial charge >= 0.3 is 6.01 Å². The quantitative estimate of drug-likeness (QED) is 0.496. The van der Waals surface area contributed by atoms with E-state index in [1.54, 1.807) is 6.08 Å². The standard InChI is InChI=1S/C28H41N7O2/c1-32-14-6-8-23(32)21-37-28-30-25-10-3-2-9-24(25)27(31-28)34-18-19-35(22(20-34)12-13-29)26(36)11-7-17-33-15-4-5-16-33/h7,11,22-23H,2-6,8-10,12,14-21H2,1H3/b11-7+/t22-,23-/m0/s1. The third kappa shape index (κ3) is 6.24. The number of anilines is 1. The van der Waals surface area contributed by atoms with Crippen molar-refractivity contribution in [1.82, 2.24) is 24.7 Å². The Hall–Kier alpha value is -2.70. The van der Waals surface area contributed by atoms with Crippen molar-refractivity contribution in [3.8, 4) is 12.1 Å². The second-order valence-corrected chi connectivity index (χ2v) is 11.0. The van der Waals surface area contributed by atoms with Crippen molar-refractivity contribution in [2.45, 2.75) is 69.9 Å². The molecule has 9 heteroatoms. The van der Waals surface area contributed by atoms with Crippen LogP contribution in [0.1, 0.15) is 56.2 Å². The molecule has 0 spiro atoms. The predicted octanol–water partition coefficient (Wildman–Crippen LogP) is 2.41. The maximum absolute atomic E-state index is 13.1. The van der Waals surface area contributed by atoms with Crippen molar-refractivity contribution in [2.24, 2.45) is 0 Å². The fraction of sp³-hybridized carbons (Fsp3) is 0.714. The zero-order chi connectivity index (χ0) is 25.6.